The van der Waals surface area contributed by atoms with Gasteiger partial charge >= 0.3 is 0 Å². The molecule has 27 heavy (non-hydrogen) atoms. The number of carbonyl (C=O) groups is 1. The van der Waals surface area contributed by atoms with Crippen molar-refractivity contribution in [2.24, 2.45) is 0 Å². The summed E-state index contributed by atoms with van der Waals surface area (Å²) in [5, 5.41) is 3.04. The Balaban J connectivity index is 1.50. The maximum atomic E-state index is 13.6. The fourth-order valence-electron chi connectivity index (χ4n) is 4.54. The number of amides is 1. The van der Waals surface area contributed by atoms with Crippen LogP contribution in [0.1, 0.15) is 60.0 Å². The Bertz CT molecular complexity index is 825. The van der Waals surface area contributed by atoms with Gasteiger partial charge in [0, 0.05) is 31.0 Å². The average Bonchev–Trinajstić information content (AvgIpc) is 2.93. The number of aromatic nitrogens is 2. The van der Waals surface area contributed by atoms with Crippen molar-refractivity contribution in [2.45, 2.75) is 57.5 Å². The van der Waals surface area contributed by atoms with E-state index in [0.717, 1.165) is 32.2 Å². The van der Waals surface area contributed by atoms with Gasteiger partial charge in [0.2, 0.25) is 5.95 Å². The van der Waals surface area contributed by atoms with Gasteiger partial charge in [-0.1, -0.05) is 12.1 Å². The number of fused-ring (bicyclic) bond motifs is 2. The van der Waals surface area contributed by atoms with Gasteiger partial charge in [0.05, 0.1) is 5.56 Å². The number of halogens is 1. The van der Waals surface area contributed by atoms with Gasteiger partial charge in [0.1, 0.15) is 5.82 Å². The zero-order valence-electron chi connectivity index (χ0n) is 15.8. The third-order valence-electron chi connectivity index (χ3n) is 5.85. The molecule has 6 heteroatoms. The minimum atomic E-state index is -0.157. The highest BCUT2D eigenvalue weighted by Gasteiger charge is 2.43. The monoisotopic (exact) mass is 368 g/mol. The Hall–Kier alpha value is -2.50. The van der Waals surface area contributed by atoms with Gasteiger partial charge in [-0.25, -0.2) is 14.4 Å². The highest BCUT2D eigenvalue weighted by molar-refractivity contribution is 5.94. The van der Waals surface area contributed by atoms with E-state index >= 15 is 0 Å². The molecule has 2 saturated heterocycles. The Morgan fingerprint density at radius 2 is 1.89 bits per heavy atom. The van der Waals surface area contributed by atoms with Crippen LogP contribution in [0.4, 0.5) is 10.3 Å². The molecule has 1 N–H and O–H groups in total. The van der Waals surface area contributed by atoms with Crippen LogP contribution >= 0.6 is 0 Å². The fourth-order valence-corrected chi connectivity index (χ4v) is 4.54. The molecule has 0 radical (unpaired) electrons. The van der Waals surface area contributed by atoms with Crippen molar-refractivity contribution in [2.75, 3.05) is 11.9 Å². The summed E-state index contributed by atoms with van der Waals surface area (Å²) in [6.45, 7) is 4.53. The van der Waals surface area contributed by atoms with Crippen LogP contribution in [0.2, 0.25) is 0 Å². The summed E-state index contributed by atoms with van der Waals surface area (Å²) in [6.07, 6.45) is 7.16. The van der Waals surface area contributed by atoms with E-state index in [1.165, 1.54) is 5.56 Å². The van der Waals surface area contributed by atoms with Crippen molar-refractivity contribution in [3.05, 3.63) is 53.1 Å². The number of hydrogen-bond acceptors (Lipinski definition) is 4. The van der Waals surface area contributed by atoms with Crippen LogP contribution < -0.4 is 5.32 Å². The molecule has 1 amide bonds. The lowest BCUT2D eigenvalue weighted by Gasteiger charge is -2.39. The summed E-state index contributed by atoms with van der Waals surface area (Å²) in [7, 11) is 0. The number of anilines is 1. The van der Waals surface area contributed by atoms with Crippen LogP contribution in [0.5, 0.6) is 0 Å². The average molecular weight is 368 g/mol. The molecule has 3 heterocycles. The summed E-state index contributed by atoms with van der Waals surface area (Å²) in [6, 6.07) is 5.90. The van der Waals surface area contributed by atoms with Crippen molar-refractivity contribution in [3.8, 4) is 0 Å². The van der Waals surface area contributed by atoms with Crippen molar-refractivity contribution >= 4 is 11.9 Å². The van der Waals surface area contributed by atoms with E-state index in [0.29, 0.717) is 23.0 Å². The normalized spacial score (nSPS) is 24.1. The highest BCUT2D eigenvalue weighted by atomic mass is 19.1. The first-order valence-corrected chi connectivity index (χ1v) is 9.71. The molecule has 0 saturated carbocycles. The Morgan fingerprint density at radius 1 is 1.22 bits per heavy atom. The predicted molar refractivity (Wildman–Crippen MR) is 102 cm³/mol. The summed E-state index contributed by atoms with van der Waals surface area (Å²) in [5.74, 6) is 0.801. The van der Waals surface area contributed by atoms with Crippen molar-refractivity contribution in [1.82, 2.24) is 14.9 Å². The topological polar surface area (TPSA) is 58.1 Å². The number of rotatable bonds is 4. The molecule has 0 spiro atoms. The number of nitrogens with zero attached hydrogens (tertiary/aromatic N) is 3. The van der Waals surface area contributed by atoms with Crippen LogP contribution in [-0.4, -0.2) is 39.4 Å². The molecule has 1 aromatic carbocycles. The first-order chi connectivity index (χ1) is 13.1. The lowest BCUT2D eigenvalue weighted by Crippen LogP contribution is -2.46. The molecule has 3 atom stereocenters. The van der Waals surface area contributed by atoms with E-state index in [9.17, 15) is 9.18 Å². The van der Waals surface area contributed by atoms with Gasteiger partial charge in [0.15, 0.2) is 0 Å². The number of benzene rings is 1. The van der Waals surface area contributed by atoms with E-state index < -0.39 is 0 Å². The van der Waals surface area contributed by atoms with Crippen molar-refractivity contribution in [3.63, 3.8) is 0 Å². The van der Waals surface area contributed by atoms with Gasteiger partial charge in [0.25, 0.3) is 5.91 Å². The summed E-state index contributed by atoms with van der Waals surface area (Å²) in [5.41, 5.74) is 2.43. The van der Waals surface area contributed by atoms with Crippen LogP contribution in [0.25, 0.3) is 0 Å². The van der Waals surface area contributed by atoms with Gasteiger partial charge in [-0.3, -0.25) is 4.79 Å². The molecule has 1 aromatic heterocycles. The van der Waals surface area contributed by atoms with Gasteiger partial charge in [-0.05, 0) is 62.6 Å². The molecule has 2 aliphatic heterocycles. The second-order valence-corrected chi connectivity index (χ2v) is 7.60. The lowest BCUT2D eigenvalue weighted by atomic mass is 9.84. The summed E-state index contributed by atoms with van der Waals surface area (Å²) >= 11 is 0. The van der Waals surface area contributed by atoms with Crippen LogP contribution in [0.15, 0.2) is 30.6 Å². The number of hydrogen-bond donors (Lipinski definition) is 1. The van der Waals surface area contributed by atoms with Crippen LogP contribution in [-0.2, 0) is 0 Å². The second-order valence-electron chi connectivity index (χ2n) is 7.60. The summed E-state index contributed by atoms with van der Waals surface area (Å²) < 4.78 is 13.6. The first-order valence-electron chi connectivity index (χ1n) is 9.71. The van der Waals surface area contributed by atoms with E-state index in [1.54, 1.807) is 18.5 Å². The van der Waals surface area contributed by atoms with Crippen molar-refractivity contribution in [1.29, 1.82) is 0 Å². The minimum absolute atomic E-state index is 0.0271. The summed E-state index contributed by atoms with van der Waals surface area (Å²) in [4.78, 5) is 23.5. The molecule has 2 bridgehead atoms. The molecular formula is C21H25FN4O. The third-order valence-corrected chi connectivity index (χ3v) is 5.85. The molecule has 2 fully saturated rings. The highest BCUT2D eigenvalue weighted by Crippen LogP contribution is 2.43. The molecule has 1 unspecified atom stereocenters. The molecule has 5 nitrogen and oxygen atoms in total. The minimum Gasteiger partial charge on any atom is -0.355 e. The molecule has 4 rings (SSSR count). The maximum Gasteiger partial charge on any atom is 0.257 e. The number of nitrogens with one attached hydrogen (secondary N) is 1. The molecule has 2 aromatic rings. The zero-order chi connectivity index (χ0) is 19.0. The first kappa shape index (κ1) is 17.9. The Morgan fingerprint density at radius 3 is 2.48 bits per heavy atom. The van der Waals surface area contributed by atoms with Crippen LogP contribution in [0.3, 0.4) is 0 Å². The smallest absolute Gasteiger partial charge is 0.257 e. The maximum absolute atomic E-state index is 13.6. The zero-order valence-corrected chi connectivity index (χ0v) is 15.8. The van der Waals surface area contributed by atoms with Gasteiger partial charge < -0.3 is 10.2 Å². The third kappa shape index (κ3) is 3.40. The Labute approximate surface area is 159 Å². The van der Waals surface area contributed by atoms with Crippen molar-refractivity contribution < 1.29 is 9.18 Å². The standard InChI is InChI=1S/C21H25FN4O/c1-3-23-21-24-11-16(12-25-21)20(27)26-17-5-6-18(26)10-15(9-17)14-4-7-19(22)13(2)8-14/h4,7-8,11-12,15,17-18H,3,5-6,9-10H2,1-2H3,(H,23,24,25)/t15?,17-,18+. The van der Waals surface area contributed by atoms with Gasteiger partial charge in [-0.15, -0.1) is 0 Å². The predicted octanol–water partition coefficient (Wildman–Crippen LogP) is 3.91. The van der Waals surface area contributed by atoms with E-state index in [-0.39, 0.29) is 23.8 Å². The van der Waals surface area contributed by atoms with Gasteiger partial charge in [-0.2, -0.15) is 0 Å². The lowest BCUT2D eigenvalue weighted by molar-refractivity contribution is 0.0570. The Kier molecular flexibility index (Phi) is 4.81. The fraction of sp³-hybridized carbons (Fsp3) is 0.476. The SMILES string of the molecule is CCNc1ncc(C(=O)N2[C@@H]3CC[C@H]2CC(c2ccc(F)c(C)c2)C3)cn1. The molecule has 0 aliphatic carbocycles. The largest absolute Gasteiger partial charge is 0.355 e. The molecule has 2 aliphatic rings. The number of carbonyl (C=O) groups excluding carboxylic acids is 1. The quantitative estimate of drug-likeness (QED) is 0.889. The van der Waals surface area contributed by atoms with E-state index in [1.807, 2.05) is 30.9 Å². The van der Waals surface area contributed by atoms with E-state index in [4.69, 9.17) is 0 Å². The molecular weight excluding hydrogens is 343 g/mol. The van der Waals surface area contributed by atoms with Crippen LogP contribution in [0, 0.1) is 12.7 Å². The van der Waals surface area contributed by atoms with E-state index in [2.05, 4.69) is 15.3 Å². The molecule has 142 valence electrons. The second kappa shape index (κ2) is 7.25. The number of piperidine rings is 1. The number of aryl methyl sites for hydroxylation is 1.